The van der Waals surface area contributed by atoms with E-state index in [9.17, 15) is 9.90 Å². The van der Waals surface area contributed by atoms with Crippen molar-refractivity contribution in [3.05, 3.63) is 35.5 Å². The van der Waals surface area contributed by atoms with E-state index in [4.69, 9.17) is 14.7 Å². The third-order valence-corrected chi connectivity index (χ3v) is 6.75. The lowest BCUT2D eigenvalue weighted by Gasteiger charge is -2.36. The predicted octanol–water partition coefficient (Wildman–Crippen LogP) is 2.05. The summed E-state index contributed by atoms with van der Waals surface area (Å²) in [5, 5.41) is 19.0. The minimum absolute atomic E-state index is 0.178. The highest BCUT2D eigenvalue weighted by Gasteiger charge is 2.28. The molecule has 1 saturated heterocycles. The van der Waals surface area contributed by atoms with Crippen molar-refractivity contribution in [3.63, 3.8) is 0 Å². The van der Waals surface area contributed by atoms with Crippen molar-refractivity contribution in [3.8, 4) is 11.4 Å². The molecule has 9 heteroatoms. The van der Waals surface area contributed by atoms with E-state index >= 15 is 0 Å². The maximum atomic E-state index is 12.3. The number of morpholine rings is 1. The Morgan fingerprint density at radius 2 is 2.09 bits per heavy atom. The molecule has 5 rings (SSSR count). The molecule has 2 aromatic rings. The van der Waals surface area contributed by atoms with Crippen LogP contribution in [-0.4, -0.2) is 65.6 Å². The highest BCUT2D eigenvalue weighted by Crippen LogP contribution is 2.30. The van der Waals surface area contributed by atoms with Gasteiger partial charge in [0.15, 0.2) is 5.82 Å². The molecule has 3 heterocycles. The van der Waals surface area contributed by atoms with Gasteiger partial charge >= 0.3 is 6.03 Å². The summed E-state index contributed by atoms with van der Waals surface area (Å²) in [5.41, 5.74) is 3.88. The van der Waals surface area contributed by atoms with Gasteiger partial charge in [-0.2, -0.15) is 0 Å². The van der Waals surface area contributed by atoms with Gasteiger partial charge in [0.2, 0.25) is 0 Å². The fourth-order valence-corrected chi connectivity index (χ4v) is 4.90. The quantitative estimate of drug-likeness (QED) is 0.562. The molecule has 1 saturated carbocycles. The van der Waals surface area contributed by atoms with E-state index in [0.29, 0.717) is 24.7 Å². The number of nitrogens with zero attached hydrogens (tertiary/aromatic N) is 3. The summed E-state index contributed by atoms with van der Waals surface area (Å²) >= 11 is 0. The summed E-state index contributed by atoms with van der Waals surface area (Å²) in [6.07, 6.45) is 2.94. The Bertz CT molecular complexity index is 998. The van der Waals surface area contributed by atoms with Crippen LogP contribution >= 0.6 is 0 Å². The molecule has 33 heavy (non-hydrogen) atoms. The molecule has 2 amide bonds. The summed E-state index contributed by atoms with van der Waals surface area (Å²) in [6, 6.07) is 7.38. The van der Waals surface area contributed by atoms with Crippen molar-refractivity contribution in [2.75, 3.05) is 36.5 Å². The molecule has 176 valence electrons. The number of urea groups is 1. The molecule has 3 atom stereocenters. The van der Waals surface area contributed by atoms with Crippen molar-refractivity contribution in [1.82, 2.24) is 20.6 Å². The van der Waals surface area contributed by atoms with Gasteiger partial charge in [-0.25, -0.2) is 14.8 Å². The second-order valence-corrected chi connectivity index (χ2v) is 9.12. The van der Waals surface area contributed by atoms with Crippen LogP contribution in [0.3, 0.4) is 0 Å². The maximum absolute atomic E-state index is 12.3. The second-order valence-electron chi connectivity index (χ2n) is 9.12. The molecule has 0 spiro atoms. The first kappa shape index (κ1) is 22.1. The van der Waals surface area contributed by atoms with Crippen LogP contribution in [0.2, 0.25) is 0 Å². The van der Waals surface area contributed by atoms with Crippen molar-refractivity contribution >= 4 is 17.5 Å². The number of anilines is 2. The zero-order chi connectivity index (χ0) is 22.8. The molecule has 0 radical (unpaired) electrons. The van der Waals surface area contributed by atoms with Gasteiger partial charge in [-0.1, -0.05) is 0 Å². The summed E-state index contributed by atoms with van der Waals surface area (Å²) < 4.78 is 5.63. The van der Waals surface area contributed by atoms with E-state index in [-0.39, 0.29) is 18.1 Å². The molecule has 0 bridgehead atoms. The molecule has 3 aliphatic rings. The first-order valence-corrected chi connectivity index (χ1v) is 11.9. The van der Waals surface area contributed by atoms with Crippen molar-refractivity contribution < 1.29 is 14.6 Å². The standard InChI is InChI=1S/C24H32N6O3/c1-15-14-33-12-11-30(15)23-18-9-10-25-13-20(18)27-22(29-23)16-5-7-17(8-6-16)26-24(32)28-19-3-2-4-21(19)31/h5-8,15,19,21,25,31H,2-4,9-14H2,1H3,(H2,26,28,32)/t15?,19-,21-/m0/s1. The molecule has 4 N–H and O–H groups in total. The van der Waals surface area contributed by atoms with Crippen LogP contribution in [0.25, 0.3) is 11.4 Å². The van der Waals surface area contributed by atoms with Crippen LogP contribution in [0.4, 0.5) is 16.3 Å². The second kappa shape index (κ2) is 9.62. The first-order valence-electron chi connectivity index (χ1n) is 11.9. The van der Waals surface area contributed by atoms with Gasteiger partial charge in [0.25, 0.3) is 0 Å². The van der Waals surface area contributed by atoms with Crippen LogP contribution in [0.15, 0.2) is 24.3 Å². The molecule has 9 nitrogen and oxygen atoms in total. The number of hydrogen-bond acceptors (Lipinski definition) is 7. The summed E-state index contributed by atoms with van der Waals surface area (Å²) in [6.45, 7) is 6.07. The van der Waals surface area contributed by atoms with Gasteiger partial charge in [-0.05, 0) is 63.4 Å². The van der Waals surface area contributed by atoms with Crippen molar-refractivity contribution in [2.45, 2.75) is 57.3 Å². The van der Waals surface area contributed by atoms with Crippen LogP contribution in [0, 0.1) is 0 Å². The average Bonchev–Trinajstić information content (AvgIpc) is 3.23. The van der Waals surface area contributed by atoms with E-state index in [1.807, 2.05) is 24.3 Å². The molecular weight excluding hydrogens is 420 g/mol. The molecule has 2 fully saturated rings. The molecule has 1 unspecified atom stereocenters. The van der Waals surface area contributed by atoms with Crippen LogP contribution in [0.5, 0.6) is 0 Å². The number of aliphatic hydroxyl groups excluding tert-OH is 1. The Kier molecular flexibility index (Phi) is 6.43. The largest absolute Gasteiger partial charge is 0.391 e. The van der Waals surface area contributed by atoms with Crippen LogP contribution < -0.4 is 20.9 Å². The van der Waals surface area contributed by atoms with Crippen molar-refractivity contribution in [2.24, 2.45) is 0 Å². The lowest BCUT2D eigenvalue weighted by Crippen LogP contribution is -2.45. The van der Waals surface area contributed by atoms with Gasteiger partial charge in [-0.3, -0.25) is 0 Å². The number of carbonyl (C=O) groups excluding carboxylic acids is 1. The number of rotatable bonds is 4. The normalized spacial score (nSPS) is 24.9. The minimum atomic E-state index is -0.461. The third-order valence-electron chi connectivity index (χ3n) is 6.75. The Morgan fingerprint density at radius 3 is 2.85 bits per heavy atom. The highest BCUT2D eigenvalue weighted by molar-refractivity contribution is 5.89. The predicted molar refractivity (Wildman–Crippen MR) is 126 cm³/mol. The molecular formula is C24H32N6O3. The number of aromatic nitrogens is 2. The number of hydrogen-bond donors (Lipinski definition) is 4. The molecule has 2 aliphatic heterocycles. The van der Waals surface area contributed by atoms with E-state index in [0.717, 1.165) is 62.4 Å². The molecule has 1 aromatic carbocycles. The average molecular weight is 453 g/mol. The number of fused-ring (bicyclic) bond motifs is 1. The van der Waals surface area contributed by atoms with Crippen LogP contribution in [-0.2, 0) is 17.7 Å². The van der Waals surface area contributed by atoms with Gasteiger partial charge in [0, 0.05) is 29.9 Å². The Morgan fingerprint density at radius 1 is 1.24 bits per heavy atom. The first-order chi connectivity index (χ1) is 16.1. The number of benzene rings is 1. The molecule has 1 aliphatic carbocycles. The van der Waals surface area contributed by atoms with E-state index < -0.39 is 6.10 Å². The number of nitrogens with one attached hydrogen (secondary N) is 3. The lowest BCUT2D eigenvalue weighted by molar-refractivity contribution is 0.0984. The monoisotopic (exact) mass is 452 g/mol. The van der Waals surface area contributed by atoms with Gasteiger partial charge in [0.1, 0.15) is 5.82 Å². The minimum Gasteiger partial charge on any atom is -0.391 e. The molecule has 1 aromatic heterocycles. The summed E-state index contributed by atoms with van der Waals surface area (Å²) in [5.74, 6) is 1.71. The number of amides is 2. The summed E-state index contributed by atoms with van der Waals surface area (Å²) in [7, 11) is 0. The van der Waals surface area contributed by atoms with Gasteiger partial charge < -0.3 is 30.7 Å². The Hall–Kier alpha value is -2.75. The smallest absolute Gasteiger partial charge is 0.319 e. The van der Waals surface area contributed by atoms with E-state index in [2.05, 4.69) is 27.8 Å². The van der Waals surface area contributed by atoms with Crippen molar-refractivity contribution in [1.29, 1.82) is 0 Å². The van der Waals surface area contributed by atoms with E-state index in [1.54, 1.807) is 0 Å². The lowest BCUT2D eigenvalue weighted by atomic mass is 10.0. The number of ether oxygens (including phenoxy) is 1. The number of carbonyl (C=O) groups is 1. The fourth-order valence-electron chi connectivity index (χ4n) is 4.90. The Labute approximate surface area is 193 Å². The maximum Gasteiger partial charge on any atom is 0.319 e. The zero-order valence-electron chi connectivity index (χ0n) is 19.0. The summed E-state index contributed by atoms with van der Waals surface area (Å²) in [4.78, 5) is 24.5. The highest BCUT2D eigenvalue weighted by atomic mass is 16.5. The van der Waals surface area contributed by atoms with Gasteiger partial charge in [-0.15, -0.1) is 0 Å². The Balaban J connectivity index is 1.35. The van der Waals surface area contributed by atoms with Gasteiger partial charge in [0.05, 0.1) is 37.1 Å². The topological polar surface area (TPSA) is 112 Å². The number of aliphatic hydroxyl groups is 1. The third kappa shape index (κ3) is 4.80. The fraction of sp³-hybridized carbons (Fsp3) is 0.542. The van der Waals surface area contributed by atoms with Crippen LogP contribution in [0.1, 0.15) is 37.4 Å². The van der Waals surface area contributed by atoms with E-state index in [1.165, 1.54) is 5.56 Å². The zero-order valence-corrected chi connectivity index (χ0v) is 19.0. The SMILES string of the molecule is CC1COCCN1c1nc(-c2ccc(NC(=O)N[C@H]3CCC[C@@H]3O)cc2)nc2c1CCNC2.